The first-order valence-electron chi connectivity index (χ1n) is 8.42. The molecule has 26 heavy (non-hydrogen) atoms. The molecule has 0 aliphatic carbocycles. The summed E-state index contributed by atoms with van der Waals surface area (Å²) in [5, 5.41) is 13.9. The van der Waals surface area contributed by atoms with Gasteiger partial charge in [-0.3, -0.25) is 4.79 Å². The van der Waals surface area contributed by atoms with Crippen LogP contribution in [-0.2, 0) is 0 Å². The zero-order valence-corrected chi connectivity index (χ0v) is 14.0. The van der Waals surface area contributed by atoms with E-state index in [0.717, 1.165) is 25.9 Å². The maximum absolute atomic E-state index is 14.3. The van der Waals surface area contributed by atoms with Gasteiger partial charge < -0.3 is 15.2 Å². The van der Waals surface area contributed by atoms with E-state index in [1.165, 1.54) is 12.4 Å². The van der Waals surface area contributed by atoms with Crippen LogP contribution >= 0.6 is 0 Å². The van der Waals surface area contributed by atoms with Crippen LogP contribution in [-0.4, -0.2) is 43.5 Å². The molecule has 134 valence electrons. The standard InChI is InChI=1S/C17H18FN7O/c18-14-9-12(1-2-16(14)24-8-7-20-11-24)21-17(26)15-10-25(23-22-15)13-3-5-19-6-4-13/h1-2,7-11,13,19H,3-6H2,(H,21,26). The van der Waals surface area contributed by atoms with Crippen LogP contribution in [0.2, 0.25) is 0 Å². The average Bonchev–Trinajstić information content (AvgIpc) is 3.35. The zero-order valence-electron chi connectivity index (χ0n) is 14.0. The number of carbonyl (C=O) groups is 1. The van der Waals surface area contributed by atoms with E-state index in [1.54, 1.807) is 40.0 Å². The molecule has 0 unspecified atom stereocenters. The van der Waals surface area contributed by atoms with Gasteiger partial charge in [-0.15, -0.1) is 5.10 Å². The van der Waals surface area contributed by atoms with Gasteiger partial charge >= 0.3 is 0 Å². The second-order valence-electron chi connectivity index (χ2n) is 6.16. The molecule has 1 fully saturated rings. The molecule has 9 heteroatoms. The van der Waals surface area contributed by atoms with E-state index < -0.39 is 11.7 Å². The number of aromatic nitrogens is 5. The second-order valence-corrected chi connectivity index (χ2v) is 6.16. The van der Waals surface area contributed by atoms with Crippen molar-refractivity contribution in [2.75, 3.05) is 18.4 Å². The van der Waals surface area contributed by atoms with E-state index in [2.05, 4.69) is 25.9 Å². The summed E-state index contributed by atoms with van der Waals surface area (Å²) in [7, 11) is 0. The normalized spacial score (nSPS) is 15.1. The molecule has 3 heterocycles. The van der Waals surface area contributed by atoms with Gasteiger partial charge in [-0.1, -0.05) is 5.21 Å². The summed E-state index contributed by atoms with van der Waals surface area (Å²) in [6, 6.07) is 4.73. The Balaban J connectivity index is 1.46. The Labute approximate surface area is 149 Å². The first-order chi connectivity index (χ1) is 12.7. The second kappa shape index (κ2) is 7.04. The van der Waals surface area contributed by atoms with E-state index in [0.29, 0.717) is 11.4 Å². The van der Waals surface area contributed by atoms with Crippen LogP contribution in [0.3, 0.4) is 0 Å². The van der Waals surface area contributed by atoms with Crippen LogP contribution in [0, 0.1) is 5.82 Å². The Morgan fingerprint density at radius 1 is 1.31 bits per heavy atom. The average molecular weight is 355 g/mol. The third-order valence-electron chi connectivity index (χ3n) is 4.41. The predicted molar refractivity (Wildman–Crippen MR) is 92.6 cm³/mol. The van der Waals surface area contributed by atoms with Crippen LogP contribution in [0.5, 0.6) is 0 Å². The number of hydrogen-bond acceptors (Lipinski definition) is 5. The largest absolute Gasteiger partial charge is 0.320 e. The highest BCUT2D eigenvalue weighted by atomic mass is 19.1. The van der Waals surface area contributed by atoms with Crippen molar-refractivity contribution in [3.63, 3.8) is 0 Å². The number of imidazole rings is 1. The Morgan fingerprint density at radius 3 is 2.88 bits per heavy atom. The molecule has 4 rings (SSSR count). The van der Waals surface area contributed by atoms with Crippen molar-refractivity contribution in [3.8, 4) is 5.69 Å². The van der Waals surface area contributed by atoms with Gasteiger partial charge in [0, 0.05) is 18.1 Å². The number of halogens is 1. The van der Waals surface area contributed by atoms with Gasteiger partial charge in [0.1, 0.15) is 5.82 Å². The first-order valence-corrected chi connectivity index (χ1v) is 8.42. The molecule has 1 aliphatic heterocycles. The number of amides is 1. The van der Waals surface area contributed by atoms with Gasteiger partial charge in [0.25, 0.3) is 5.91 Å². The molecular weight excluding hydrogens is 337 g/mol. The highest BCUT2D eigenvalue weighted by Crippen LogP contribution is 2.20. The number of anilines is 1. The molecule has 1 aliphatic rings. The number of piperidine rings is 1. The maximum atomic E-state index is 14.3. The fraction of sp³-hybridized carbons (Fsp3) is 0.294. The molecule has 2 aromatic heterocycles. The number of rotatable bonds is 4. The van der Waals surface area contributed by atoms with E-state index in [1.807, 2.05) is 0 Å². The van der Waals surface area contributed by atoms with Crippen molar-refractivity contribution in [3.05, 3.63) is 54.6 Å². The molecule has 1 aromatic carbocycles. The fourth-order valence-electron chi connectivity index (χ4n) is 3.02. The Kier molecular flexibility index (Phi) is 4.44. The summed E-state index contributed by atoms with van der Waals surface area (Å²) < 4.78 is 17.6. The van der Waals surface area contributed by atoms with Crippen molar-refractivity contribution < 1.29 is 9.18 Å². The molecule has 0 saturated carbocycles. The minimum atomic E-state index is -0.459. The van der Waals surface area contributed by atoms with E-state index in [-0.39, 0.29) is 11.7 Å². The number of nitrogens with zero attached hydrogens (tertiary/aromatic N) is 5. The SMILES string of the molecule is O=C(Nc1ccc(-n2ccnc2)c(F)c1)c1cn(C2CCNCC2)nn1. The number of hydrogen-bond donors (Lipinski definition) is 2. The van der Waals surface area contributed by atoms with Crippen molar-refractivity contribution in [1.29, 1.82) is 0 Å². The fourth-order valence-corrected chi connectivity index (χ4v) is 3.02. The summed E-state index contributed by atoms with van der Waals surface area (Å²) in [6.45, 7) is 1.85. The van der Waals surface area contributed by atoms with Gasteiger partial charge in [-0.25, -0.2) is 14.1 Å². The lowest BCUT2D eigenvalue weighted by Crippen LogP contribution is -2.29. The van der Waals surface area contributed by atoms with Crippen molar-refractivity contribution in [2.45, 2.75) is 18.9 Å². The van der Waals surface area contributed by atoms with Gasteiger partial charge in [0.05, 0.1) is 24.3 Å². The van der Waals surface area contributed by atoms with E-state index in [9.17, 15) is 9.18 Å². The summed E-state index contributed by atoms with van der Waals surface area (Å²) >= 11 is 0. The zero-order chi connectivity index (χ0) is 17.9. The highest BCUT2D eigenvalue weighted by molar-refractivity contribution is 6.02. The molecular formula is C17H18FN7O. The Bertz CT molecular complexity index is 900. The highest BCUT2D eigenvalue weighted by Gasteiger charge is 2.19. The maximum Gasteiger partial charge on any atom is 0.277 e. The predicted octanol–water partition coefficient (Wildman–Crippen LogP) is 1.78. The molecule has 0 spiro atoms. The molecule has 8 nitrogen and oxygen atoms in total. The van der Waals surface area contributed by atoms with Crippen molar-refractivity contribution in [2.24, 2.45) is 0 Å². The lowest BCUT2D eigenvalue weighted by atomic mass is 10.1. The summed E-state index contributed by atoms with van der Waals surface area (Å²) in [5.74, 6) is -0.876. The van der Waals surface area contributed by atoms with Gasteiger partial charge in [-0.05, 0) is 44.1 Å². The number of benzene rings is 1. The first kappa shape index (κ1) is 16.4. The minimum absolute atomic E-state index is 0.211. The summed E-state index contributed by atoms with van der Waals surface area (Å²) in [6.07, 6.45) is 8.27. The van der Waals surface area contributed by atoms with Crippen molar-refractivity contribution in [1.82, 2.24) is 29.9 Å². The molecule has 2 N–H and O–H groups in total. The molecule has 1 amide bonds. The Hall–Kier alpha value is -3.07. The smallest absolute Gasteiger partial charge is 0.277 e. The third-order valence-corrected chi connectivity index (χ3v) is 4.41. The van der Waals surface area contributed by atoms with Crippen LogP contribution < -0.4 is 10.6 Å². The molecule has 0 radical (unpaired) electrons. The van der Waals surface area contributed by atoms with Crippen LogP contribution in [0.15, 0.2) is 43.1 Å². The topological polar surface area (TPSA) is 89.7 Å². The summed E-state index contributed by atoms with van der Waals surface area (Å²) in [4.78, 5) is 16.3. The number of carbonyl (C=O) groups excluding carboxylic acids is 1. The van der Waals surface area contributed by atoms with Crippen LogP contribution in [0.25, 0.3) is 5.69 Å². The Morgan fingerprint density at radius 2 is 2.15 bits per heavy atom. The summed E-state index contributed by atoms with van der Waals surface area (Å²) in [5.41, 5.74) is 0.924. The lowest BCUT2D eigenvalue weighted by Gasteiger charge is -2.22. The number of nitrogens with one attached hydrogen (secondary N) is 2. The molecule has 0 atom stereocenters. The van der Waals surface area contributed by atoms with Gasteiger partial charge in [0.2, 0.25) is 0 Å². The minimum Gasteiger partial charge on any atom is -0.320 e. The van der Waals surface area contributed by atoms with Gasteiger partial charge in [-0.2, -0.15) is 0 Å². The van der Waals surface area contributed by atoms with Crippen LogP contribution in [0.1, 0.15) is 29.4 Å². The lowest BCUT2D eigenvalue weighted by molar-refractivity contribution is 0.102. The molecule has 3 aromatic rings. The van der Waals surface area contributed by atoms with Crippen LogP contribution in [0.4, 0.5) is 10.1 Å². The molecule has 1 saturated heterocycles. The third kappa shape index (κ3) is 3.33. The van der Waals surface area contributed by atoms with Gasteiger partial charge in [0.15, 0.2) is 5.69 Å². The van der Waals surface area contributed by atoms with E-state index >= 15 is 0 Å². The molecule has 0 bridgehead atoms. The van der Waals surface area contributed by atoms with E-state index in [4.69, 9.17) is 0 Å². The monoisotopic (exact) mass is 355 g/mol. The quantitative estimate of drug-likeness (QED) is 0.745. The van der Waals surface area contributed by atoms with Crippen molar-refractivity contribution >= 4 is 11.6 Å².